The Morgan fingerprint density at radius 1 is 1.31 bits per heavy atom. The van der Waals surface area contributed by atoms with Crippen LogP contribution in [-0.4, -0.2) is 39.4 Å². The van der Waals surface area contributed by atoms with Gasteiger partial charge in [-0.25, -0.2) is 0 Å². The Morgan fingerprint density at radius 3 is 2.92 bits per heavy atom. The standard InChI is InChI=1S/C10H20N2O/c1-13-7-10-4-9(6-12-10)8-2-3-11-5-8/h8-12H,2-7H2,1H3. The van der Waals surface area contributed by atoms with Crippen molar-refractivity contribution in [2.24, 2.45) is 11.8 Å². The first-order chi connectivity index (χ1) is 6.40. The van der Waals surface area contributed by atoms with Crippen molar-refractivity contribution in [1.82, 2.24) is 10.6 Å². The van der Waals surface area contributed by atoms with Gasteiger partial charge in [-0.05, 0) is 44.3 Å². The molecule has 13 heavy (non-hydrogen) atoms. The van der Waals surface area contributed by atoms with E-state index < -0.39 is 0 Å². The molecule has 2 saturated heterocycles. The van der Waals surface area contributed by atoms with Crippen LogP contribution in [0.15, 0.2) is 0 Å². The number of nitrogens with one attached hydrogen (secondary N) is 2. The number of hydrogen-bond acceptors (Lipinski definition) is 3. The molecule has 2 fully saturated rings. The summed E-state index contributed by atoms with van der Waals surface area (Å²) in [5.74, 6) is 1.80. The van der Waals surface area contributed by atoms with Gasteiger partial charge in [-0.1, -0.05) is 0 Å². The lowest BCUT2D eigenvalue weighted by atomic mass is 9.89. The van der Waals surface area contributed by atoms with Crippen LogP contribution >= 0.6 is 0 Å². The van der Waals surface area contributed by atoms with Crippen LogP contribution in [0.2, 0.25) is 0 Å². The minimum atomic E-state index is 0.607. The van der Waals surface area contributed by atoms with Gasteiger partial charge < -0.3 is 15.4 Å². The normalized spacial score (nSPS) is 39.9. The Balaban J connectivity index is 1.76. The second kappa shape index (κ2) is 4.40. The van der Waals surface area contributed by atoms with Gasteiger partial charge in [-0.2, -0.15) is 0 Å². The smallest absolute Gasteiger partial charge is 0.0615 e. The molecule has 2 aliphatic rings. The van der Waals surface area contributed by atoms with Gasteiger partial charge in [0.25, 0.3) is 0 Å². The number of methoxy groups -OCH3 is 1. The van der Waals surface area contributed by atoms with Crippen molar-refractivity contribution in [2.75, 3.05) is 33.4 Å². The van der Waals surface area contributed by atoms with Crippen LogP contribution in [0.3, 0.4) is 0 Å². The predicted molar refractivity (Wildman–Crippen MR) is 52.8 cm³/mol. The average Bonchev–Trinajstić information content (AvgIpc) is 2.70. The van der Waals surface area contributed by atoms with Crippen molar-refractivity contribution in [2.45, 2.75) is 18.9 Å². The molecule has 0 amide bonds. The molecule has 0 aromatic heterocycles. The van der Waals surface area contributed by atoms with Gasteiger partial charge in [0, 0.05) is 13.2 Å². The van der Waals surface area contributed by atoms with Crippen LogP contribution in [0.5, 0.6) is 0 Å². The van der Waals surface area contributed by atoms with Crippen molar-refractivity contribution in [3.05, 3.63) is 0 Å². The SMILES string of the molecule is COCC1CC(C2CCNC2)CN1. The highest BCUT2D eigenvalue weighted by Gasteiger charge is 2.31. The molecule has 0 spiro atoms. The molecule has 0 radical (unpaired) electrons. The van der Waals surface area contributed by atoms with Gasteiger partial charge in [-0.15, -0.1) is 0 Å². The average molecular weight is 184 g/mol. The van der Waals surface area contributed by atoms with Crippen LogP contribution < -0.4 is 10.6 Å². The second-order valence-corrected chi connectivity index (χ2v) is 4.31. The molecule has 2 aliphatic heterocycles. The fraction of sp³-hybridized carbons (Fsp3) is 1.00. The number of rotatable bonds is 3. The molecule has 0 aromatic rings. The van der Waals surface area contributed by atoms with E-state index >= 15 is 0 Å². The summed E-state index contributed by atoms with van der Waals surface area (Å²) in [7, 11) is 1.78. The van der Waals surface area contributed by atoms with Gasteiger partial charge in [0.15, 0.2) is 0 Å². The third-order valence-corrected chi connectivity index (χ3v) is 3.39. The van der Waals surface area contributed by atoms with Crippen molar-refractivity contribution in [3.63, 3.8) is 0 Å². The van der Waals surface area contributed by atoms with Crippen molar-refractivity contribution in [3.8, 4) is 0 Å². The summed E-state index contributed by atoms with van der Waals surface area (Å²) >= 11 is 0. The van der Waals surface area contributed by atoms with Gasteiger partial charge in [0.2, 0.25) is 0 Å². The lowest BCUT2D eigenvalue weighted by Crippen LogP contribution is -2.26. The lowest BCUT2D eigenvalue weighted by Gasteiger charge is -2.15. The van der Waals surface area contributed by atoms with Crippen LogP contribution in [0.1, 0.15) is 12.8 Å². The zero-order valence-electron chi connectivity index (χ0n) is 8.38. The van der Waals surface area contributed by atoms with E-state index in [0.29, 0.717) is 6.04 Å². The topological polar surface area (TPSA) is 33.3 Å². The van der Waals surface area contributed by atoms with E-state index in [0.717, 1.165) is 18.4 Å². The predicted octanol–water partition coefficient (Wildman–Crippen LogP) is 0.220. The molecule has 2 N–H and O–H groups in total. The zero-order valence-corrected chi connectivity index (χ0v) is 8.38. The molecule has 0 bridgehead atoms. The van der Waals surface area contributed by atoms with E-state index in [4.69, 9.17) is 4.74 Å². The monoisotopic (exact) mass is 184 g/mol. The highest BCUT2D eigenvalue weighted by atomic mass is 16.5. The highest BCUT2D eigenvalue weighted by Crippen LogP contribution is 2.26. The summed E-state index contributed by atoms with van der Waals surface area (Å²) in [6.45, 7) is 4.51. The molecule has 2 heterocycles. The molecule has 0 aliphatic carbocycles. The van der Waals surface area contributed by atoms with E-state index in [1.54, 1.807) is 7.11 Å². The van der Waals surface area contributed by atoms with E-state index in [9.17, 15) is 0 Å². The Labute approximate surface area is 80.2 Å². The van der Waals surface area contributed by atoms with Gasteiger partial charge in [0.05, 0.1) is 6.61 Å². The van der Waals surface area contributed by atoms with Crippen molar-refractivity contribution >= 4 is 0 Å². The van der Waals surface area contributed by atoms with Crippen LogP contribution in [0, 0.1) is 11.8 Å². The number of ether oxygens (including phenoxy) is 1. The zero-order chi connectivity index (χ0) is 9.10. The van der Waals surface area contributed by atoms with Crippen LogP contribution in [0.25, 0.3) is 0 Å². The summed E-state index contributed by atoms with van der Waals surface area (Å²) < 4.78 is 5.16. The molecule has 3 atom stereocenters. The third-order valence-electron chi connectivity index (χ3n) is 3.39. The molecular formula is C10H20N2O. The lowest BCUT2D eigenvalue weighted by molar-refractivity contribution is 0.171. The van der Waals surface area contributed by atoms with Crippen molar-refractivity contribution < 1.29 is 4.74 Å². The summed E-state index contributed by atoms with van der Waals surface area (Å²) in [5, 5.41) is 6.97. The first-order valence-corrected chi connectivity index (χ1v) is 5.33. The number of hydrogen-bond donors (Lipinski definition) is 2. The van der Waals surface area contributed by atoms with Crippen LogP contribution in [-0.2, 0) is 4.74 Å². The fourth-order valence-corrected chi connectivity index (χ4v) is 2.62. The highest BCUT2D eigenvalue weighted by molar-refractivity contribution is 4.88. The van der Waals surface area contributed by atoms with Gasteiger partial charge >= 0.3 is 0 Å². The third kappa shape index (κ3) is 2.22. The summed E-state index contributed by atoms with van der Waals surface area (Å²) in [6, 6.07) is 0.607. The molecule has 3 heteroatoms. The van der Waals surface area contributed by atoms with Crippen molar-refractivity contribution in [1.29, 1.82) is 0 Å². The van der Waals surface area contributed by atoms with Gasteiger partial charge in [0.1, 0.15) is 0 Å². The summed E-state index contributed by atoms with van der Waals surface area (Å²) in [4.78, 5) is 0. The largest absolute Gasteiger partial charge is 0.383 e. The Hall–Kier alpha value is -0.120. The van der Waals surface area contributed by atoms with E-state index in [1.165, 1.54) is 32.5 Å². The molecule has 0 aromatic carbocycles. The molecule has 3 nitrogen and oxygen atoms in total. The second-order valence-electron chi connectivity index (χ2n) is 4.31. The maximum atomic E-state index is 5.16. The fourth-order valence-electron chi connectivity index (χ4n) is 2.62. The molecule has 2 rings (SSSR count). The maximum absolute atomic E-state index is 5.16. The van der Waals surface area contributed by atoms with Gasteiger partial charge in [-0.3, -0.25) is 0 Å². The minimum absolute atomic E-state index is 0.607. The molecule has 76 valence electrons. The summed E-state index contributed by atoms with van der Waals surface area (Å²) in [6.07, 6.45) is 2.67. The maximum Gasteiger partial charge on any atom is 0.0615 e. The van der Waals surface area contributed by atoms with Crippen LogP contribution in [0.4, 0.5) is 0 Å². The molecule has 0 saturated carbocycles. The molecule has 3 unspecified atom stereocenters. The quantitative estimate of drug-likeness (QED) is 0.658. The first-order valence-electron chi connectivity index (χ1n) is 5.33. The first kappa shape index (κ1) is 9.44. The Morgan fingerprint density at radius 2 is 2.23 bits per heavy atom. The minimum Gasteiger partial charge on any atom is -0.383 e. The van der Waals surface area contributed by atoms with E-state index in [1.807, 2.05) is 0 Å². The van der Waals surface area contributed by atoms with E-state index in [2.05, 4.69) is 10.6 Å². The summed E-state index contributed by atoms with van der Waals surface area (Å²) in [5.41, 5.74) is 0. The molecular weight excluding hydrogens is 164 g/mol. The Bertz CT molecular complexity index is 157. The van der Waals surface area contributed by atoms with E-state index in [-0.39, 0.29) is 0 Å². The Kier molecular flexibility index (Phi) is 3.19.